The van der Waals surface area contributed by atoms with Gasteiger partial charge in [-0.3, -0.25) is 0 Å². The molecule has 0 bridgehead atoms. The van der Waals surface area contributed by atoms with Crippen LogP contribution in [0.4, 0.5) is 0 Å². The Kier molecular flexibility index (Phi) is 6.76. The molecule has 0 aliphatic heterocycles. The number of nitrogens with zero attached hydrogens (tertiary/aromatic N) is 1. The van der Waals surface area contributed by atoms with Gasteiger partial charge in [0.15, 0.2) is 0 Å². The van der Waals surface area contributed by atoms with E-state index in [1.807, 2.05) is 0 Å². The monoisotopic (exact) mass is 241 g/mol. The highest BCUT2D eigenvalue weighted by Crippen LogP contribution is 2.38. The van der Waals surface area contributed by atoms with Crippen LogP contribution in [0.25, 0.3) is 0 Å². The minimum Gasteiger partial charge on any atom is -0.303 e. The largest absolute Gasteiger partial charge is 0.303 e. The second-order valence-corrected chi connectivity index (χ2v) is 7.56. The van der Waals surface area contributed by atoms with Crippen LogP contribution in [0.15, 0.2) is 0 Å². The van der Waals surface area contributed by atoms with Crippen LogP contribution in [0.5, 0.6) is 0 Å². The summed E-state index contributed by atoms with van der Waals surface area (Å²) in [7, 11) is 0. The Hall–Kier alpha value is -0.0400. The lowest BCUT2D eigenvalue weighted by molar-refractivity contribution is 0.115. The molecule has 0 aromatic carbocycles. The summed E-state index contributed by atoms with van der Waals surface area (Å²) in [5, 5.41) is 0. The van der Waals surface area contributed by atoms with Gasteiger partial charge in [0.25, 0.3) is 0 Å². The van der Waals surface area contributed by atoms with Crippen molar-refractivity contribution in [3.63, 3.8) is 0 Å². The van der Waals surface area contributed by atoms with Crippen molar-refractivity contribution in [3.05, 3.63) is 0 Å². The molecule has 0 rings (SSSR count). The average Bonchev–Trinajstić information content (AvgIpc) is 2.09. The Bertz CT molecular complexity index is 200. The SMILES string of the molecule is CCN(CC)CC(C)(C)CC(C)(C)CC(C)C. The fourth-order valence-electron chi connectivity index (χ4n) is 3.58. The van der Waals surface area contributed by atoms with Crippen LogP contribution < -0.4 is 0 Å². The highest BCUT2D eigenvalue weighted by molar-refractivity contribution is 4.82. The van der Waals surface area contributed by atoms with E-state index in [0.717, 1.165) is 5.92 Å². The molecule has 1 nitrogen and oxygen atoms in total. The van der Waals surface area contributed by atoms with Crippen LogP contribution in [-0.4, -0.2) is 24.5 Å². The molecule has 0 heterocycles. The minimum absolute atomic E-state index is 0.421. The molecule has 0 aliphatic carbocycles. The normalized spacial score (nSPS) is 13.8. The van der Waals surface area contributed by atoms with E-state index < -0.39 is 0 Å². The fraction of sp³-hybridized carbons (Fsp3) is 1.00. The summed E-state index contributed by atoms with van der Waals surface area (Å²) < 4.78 is 0. The van der Waals surface area contributed by atoms with E-state index in [1.54, 1.807) is 0 Å². The standard InChI is InChI=1S/C16H35N/c1-9-17(10-2)13-16(7,8)12-15(5,6)11-14(3)4/h14H,9-13H2,1-8H3. The second-order valence-electron chi connectivity index (χ2n) is 7.56. The highest BCUT2D eigenvalue weighted by atomic mass is 15.1. The summed E-state index contributed by atoms with van der Waals surface area (Å²) >= 11 is 0. The third kappa shape index (κ3) is 7.81. The molecule has 0 saturated heterocycles. The predicted molar refractivity (Wildman–Crippen MR) is 79.4 cm³/mol. The third-order valence-corrected chi connectivity index (χ3v) is 3.46. The maximum absolute atomic E-state index is 2.55. The molecule has 0 aromatic rings. The molecule has 0 atom stereocenters. The summed E-state index contributed by atoms with van der Waals surface area (Å²) in [4.78, 5) is 2.55. The lowest BCUT2D eigenvalue weighted by Crippen LogP contribution is -2.37. The molecular formula is C16H35N. The smallest absolute Gasteiger partial charge is 0.00326 e. The Balaban J connectivity index is 4.41. The van der Waals surface area contributed by atoms with Gasteiger partial charge >= 0.3 is 0 Å². The van der Waals surface area contributed by atoms with Crippen molar-refractivity contribution in [3.8, 4) is 0 Å². The molecule has 0 saturated carbocycles. The zero-order valence-corrected chi connectivity index (χ0v) is 13.6. The average molecular weight is 241 g/mol. The molecule has 0 aliphatic rings. The first kappa shape index (κ1) is 17.0. The van der Waals surface area contributed by atoms with E-state index in [4.69, 9.17) is 0 Å². The van der Waals surface area contributed by atoms with Crippen LogP contribution in [0, 0.1) is 16.7 Å². The van der Waals surface area contributed by atoms with E-state index in [1.165, 1.54) is 32.5 Å². The van der Waals surface area contributed by atoms with Crippen LogP contribution in [-0.2, 0) is 0 Å². The molecular weight excluding hydrogens is 206 g/mol. The van der Waals surface area contributed by atoms with Gasteiger partial charge < -0.3 is 4.90 Å². The van der Waals surface area contributed by atoms with Crippen molar-refractivity contribution in [1.82, 2.24) is 4.90 Å². The van der Waals surface area contributed by atoms with E-state index in [2.05, 4.69) is 60.3 Å². The summed E-state index contributed by atoms with van der Waals surface area (Å²) in [5.74, 6) is 0.800. The minimum atomic E-state index is 0.421. The van der Waals surface area contributed by atoms with Crippen molar-refractivity contribution < 1.29 is 0 Å². The Morgan fingerprint density at radius 3 is 1.71 bits per heavy atom. The summed E-state index contributed by atoms with van der Waals surface area (Å²) in [5.41, 5.74) is 0.884. The first-order chi connectivity index (χ1) is 7.62. The summed E-state index contributed by atoms with van der Waals surface area (Å²) in [6.07, 6.45) is 2.64. The molecule has 0 aromatic heterocycles. The van der Waals surface area contributed by atoms with Gasteiger partial charge in [0.1, 0.15) is 0 Å². The van der Waals surface area contributed by atoms with E-state index in [9.17, 15) is 0 Å². The van der Waals surface area contributed by atoms with Crippen molar-refractivity contribution in [2.75, 3.05) is 19.6 Å². The van der Waals surface area contributed by atoms with Gasteiger partial charge in [-0.15, -0.1) is 0 Å². The Morgan fingerprint density at radius 1 is 0.882 bits per heavy atom. The van der Waals surface area contributed by atoms with Crippen molar-refractivity contribution >= 4 is 0 Å². The Morgan fingerprint density at radius 2 is 1.35 bits per heavy atom. The van der Waals surface area contributed by atoms with Gasteiger partial charge in [0, 0.05) is 6.54 Å². The quantitative estimate of drug-likeness (QED) is 0.589. The van der Waals surface area contributed by atoms with Gasteiger partial charge in [-0.1, -0.05) is 55.4 Å². The van der Waals surface area contributed by atoms with Crippen molar-refractivity contribution in [2.45, 2.75) is 68.2 Å². The van der Waals surface area contributed by atoms with Gasteiger partial charge in [-0.05, 0) is 42.7 Å². The lowest BCUT2D eigenvalue weighted by atomic mass is 9.71. The number of hydrogen-bond donors (Lipinski definition) is 0. The van der Waals surface area contributed by atoms with Crippen LogP contribution in [0.1, 0.15) is 68.2 Å². The molecule has 1 heteroatoms. The van der Waals surface area contributed by atoms with Crippen molar-refractivity contribution in [1.29, 1.82) is 0 Å². The van der Waals surface area contributed by atoms with Crippen LogP contribution >= 0.6 is 0 Å². The molecule has 0 unspecified atom stereocenters. The second kappa shape index (κ2) is 6.78. The maximum Gasteiger partial charge on any atom is 0.00326 e. The van der Waals surface area contributed by atoms with E-state index in [-0.39, 0.29) is 0 Å². The molecule has 0 radical (unpaired) electrons. The van der Waals surface area contributed by atoms with Gasteiger partial charge in [-0.2, -0.15) is 0 Å². The zero-order chi connectivity index (χ0) is 13.7. The zero-order valence-electron chi connectivity index (χ0n) is 13.6. The van der Waals surface area contributed by atoms with Gasteiger partial charge in [0.05, 0.1) is 0 Å². The van der Waals surface area contributed by atoms with Crippen LogP contribution in [0.2, 0.25) is 0 Å². The molecule has 0 fully saturated rings. The lowest BCUT2D eigenvalue weighted by Gasteiger charge is -2.39. The molecule has 0 spiro atoms. The first-order valence-corrected chi connectivity index (χ1v) is 7.34. The van der Waals surface area contributed by atoms with Crippen molar-refractivity contribution in [2.24, 2.45) is 16.7 Å². The first-order valence-electron chi connectivity index (χ1n) is 7.34. The van der Waals surface area contributed by atoms with E-state index in [0.29, 0.717) is 10.8 Å². The van der Waals surface area contributed by atoms with Gasteiger partial charge in [-0.25, -0.2) is 0 Å². The molecule has 17 heavy (non-hydrogen) atoms. The Labute approximate surface area is 110 Å². The van der Waals surface area contributed by atoms with Crippen LogP contribution in [0.3, 0.4) is 0 Å². The van der Waals surface area contributed by atoms with E-state index >= 15 is 0 Å². The molecule has 0 amide bonds. The summed E-state index contributed by atoms with van der Waals surface area (Å²) in [6.45, 7) is 22.5. The third-order valence-electron chi connectivity index (χ3n) is 3.46. The van der Waals surface area contributed by atoms with Gasteiger partial charge in [0.2, 0.25) is 0 Å². The number of rotatable bonds is 8. The maximum atomic E-state index is 2.55. The molecule has 0 N–H and O–H groups in total. The topological polar surface area (TPSA) is 3.24 Å². The fourth-order valence-corrected chi connectivity index (χ4v) is 3.58. The highest BCUT2D eigenvalue weighted by Gasteiger charge is 2.30. The summed E-state index contributed by atoms with van der Waals surface area (Å²) in [6, 6.07) is 0. The molecule has 104 valence electrons. The number of hydrogen-bond acceptors (Lipinski definition) is 1. The predicted octanol–water partition coefficient (Wildman–Crippen LogP) is 4.82.